The molecule has 0 saturated heterocycles. The maximum atomic E-state index is 12.4. The van der Waals surface area contributed by atoms with Crippen molar-refractivity contribution in [3.05, 3.63) is 40.3 Å². The largest absolute Gasteiger partial charge is 0.573 e. The number of hydrogen-bond acceptors (Lipinski definition) is 6. The van der Waals surface area contributed by atoms with E-state index in [1.807, 2.05) is 0 Å². The quantitative estimate of drug-likeness (QED) is 0.607. The molecule has 0 spiro atoms. The second-order valence-electron chi connectivity index (χ2n) is 7.55. The van der Waals surface area contributed by atoms with Gasteiger partial charge in [-0.2, -0.15) is 0 Å². The third-order valence-corrected chi connectivity index (χ3v) is 5.93. The van der Waals surface area contributed by atoms with Crippen LogP contribution in [0.4, 0.5) is 13.2 Å². The van der Waals surface area contributed by atoms with E-state index in [9.17, 15) is 22.8 Å². The van der Waals surface area contributed by atoms with E-state index < -0.39 is 12.3 Å². The standard InChI is InChI=1S/C21H24F3N3O4S/c1-13-4-2-3-5-16(13)27-20(29)17-12-32-19(26-17)10-25-18(28)11-30-14-6-8-15(9-7-14)31-21(22,23)24/h6-9,12-13,16H,2-5,10-11H2,1H3,(H,25,28)(H,27,29). The fourth-order valence-electron chi connectivity index (χ4n) is 3.38. The maximum Gasteiger partial charge on any atom is 0.573 e. The first-order valence-corrected chi connectivity index (χ1v) is 11.1. The smallest absolute Gasteiger partial charge is 0.484 e. The molecule has 7 nitrogen and oxygen atoms in total. The van der Waals surface area contributed by atoms with Crippen molar-refractivity contribution in [2.24, 2.45) is 5.92 Å². The minimum atomic E-state index is -4.77. The zero-order valence-electron chi connectivity index (χ0n) is 17.4. The minimum absolute atomic E-state index is 0.137. The van der Waals surface area contributed by atoms with Crippen LogP contribution in [0, 0.1) is 5.92 Å². The molecule has 2 atom stereocenters. The molecule has 0 radical (unpaired) electrons. The second kappa shape index (κ2) is 10.7. The van der Waals surface area contributed by atoms with Gasteiger partial charge in [-0.1, -0.05) is 19.8 Å². The number of benzene rings is 1. The van der Waals surface area contributed by atoms with Gasteiger partial charge in [0.1, 0.15) is 22.2 Å². The number of ether oxygens (including phenoxy) is 2. The normalized spacial score (nSPS) is 18.6. The summed E-state index contributed by atoms with van der Waals surface area (Å²) < 4.78 is 45.5. The topological polar surface area (TPSA) is 89.6 Å². The van der Waals surface area contributed by atoms with Gasteiger partial charge in [-0.3, -0.25) is 9.59 Å². The third-order valence-electron chi connectivity index (χ3n) is 5.08. The van der Waals surface area contributed by atoms with Gasteiger partial charge in [-0.05, 0) is 43.0 Å². The Morgan fingerprint density at radius 3 is 2.53 bits per heavy atom. The second-order valence-corrected chi connectivity index (χ2v) is 8.50. The van der Waals surface area contributed by atoms with E-state index in [1.54, 1.807) is 5.38 Å². The number of carbonyl (C=O) groups is 2. The molecule has 1 aromatic carbocycles. The molecule has 2 aromatic rings. The molecule has 2 unspecified atom stereocenters. The molecule has 2 amide bonds. The van der Waals surface area contributed by atoms with Crippen molar-refractivity contribution >= 4 is 23.2 Å². The minimum Gasteiger partial charge on any atom is -0.484 e. The maximum absolute atomic E-state index is 12.4. The van der Waals surface area contributed by atoms with E-state index in [-0.39, 0.29) is 36.6 Å². The van der Waals surface area contributed by atoms with Crippen molar-refractivity contribution in [2.45, 2.75) is 51.6 Å². The van der Waals surface area contributed by atoms with Crippen LogP contribution in [0.1, 0.15) is 48.1 Å². The molecule has 1 saturated carbocycles. The number of rotatable bonds is 8. The summed E-state index contributed by atoms with van der Waals surface area (Å²) in [6, 6.07) is 4.89. The van der Waals surface area contributed by atoms with Crippen LogP contribution in [0.2, 0.25) is 0 Å². The number of nitrogens with zero attached hydrogens (tertiary/aromatic N) is 1. The predicted molar refractivity (Wildman–Crippen MR) is 111 cm³/mol. The van der Waals surface area contributed by atoms with Gasteiger partial charge >= 0.3 is 6.36 Å². The van der Waals surface area contributed by atoms with E-state index in [0.717, 1.165) is 31.4 Å². The van der Waals surface area contributed by atoms with E-state index in [1.165, 1.54) is 29.9 Å². The molecule has 1 fully saturated rings. The molecule has 174 valence electrons. The van der Waals surface area contributed by atoms with Crippen LogP contribution in [0.15, 0.2) is 29.6 Å². The first-order valence-electron chi connectivity index (χ1n) is 10.2. The van der Waals surface area contributed by atoms with Crippen LogP contribution in [0.3, 0.4) is 0 Å². The molecular formula is C21H24F3N3O4S. The van der Waals surface area contributed by atoms with E-state index >= 15 is 0 Å². The highest BCUT2D eigenvalue weighted by Crippen LogP contribution is 2.25. The lowest BCUT2D eigenvalue weighted by molar-refractivity contribution is -0.274. The van der Waals surface area contributed by atoms with Gasteiger partial charge in [0.15, 0.2) is 6.61 Å². The summed E-state index contributed by atoms with van der Waals surface area (Å²) in [4.78, 5) is 28.7. The van der Waals surface area contributed by atoms with Crippen LogP contribution in [-0.4, -0.2) is 35.8 Å². The Morgan fingerprint density at radius 1 is 1.16 bits per heavy atom. The number of amides is 2. The molecule has 0 bridgehead atoms. The van der Waals surface area contributed by atoms with Crippen molar-refractivity contribution in [2.75, 3.05) is 6.61 Å². The predicted octanol–water partition coefficient (Wildman–Crippen LogP) is 4.05. The van der Waals surface area contributed by atoms with Crippen LogP contribution in [0.25, 0.3) is 0 Å². The zero-order valence-corrected chi connectivity index (χ0v) is 18.2. The molecule has 1 aromatic heterocycles. The van der Waals surface area contributed by atoms with Gasteiger partial charge in [0.2, 0.25) is 0 Å². The molecule has 2 N–H and O–H groups in total. The van der Waals surface area contributed by atoms with E-state index in [0.29, 0.717) is 16.6 Å². The molecular weight excluding hydrogens is 447 g/mol. The van der Waals surface area contributed by atoms with Crippen molar-refractivity contribution < 1.29 is 32.2 Å². The number of aromatic nitrogens is 1. The molecule has 32 heavy (non-hydrogen) atoms. The molecule has 1 aliphatic rings. The molecule has 1 heterocycles. The van der Waals surface area contributed by atoms with Crippen molar-refractivity contribution in [1.29, 1.82) is 0 Å². The summed E-state index contributed by atoms with van der Waals surface area (Å²) in [5, 5.41) is 7.91. The van der Waals surface area contributed by atoms with Crippen LogP contribution in [0.5, 0.6) is 11.5 Å². The highest BCUT2D eigenvalue weighted by Gasteiger charge is 2.31. The van der Waals surface area contributed by atoms with Gasteiger partial charge in [-0.25, -0.2) is 4.98 Å². The van der Waals surface area contributed by atoms with Crippen LogP contribution < -0.4 is 20.1 Å². The molecule has 1 aliphatic carbocycles. The zero-order chi connectivity index (χ0) is 23.1. The SMILES string of the molecule is CC1CCCCC1NC(=O)c1csc(CNC(=O)COc2ccc(OC(F)(F)F)cc2)n1. The summed E-state index contributed by atoms with van der Waals surface area (Å²) >= 11 is 1.27. The highest BCUT2D eigenvalue weighted by atomic mass is 32.1. The molecule has 11 heteroatoms. The van der Waals surface area contributed by atoms with E-state index in [4.69, 9.17) is 4.74 Å². The summed E-state index contributed by atoms with van der Waals surface area (Å²) in [6.45, 7) is 1.95. The third kappa shape index (κ3) is 7.40. The Bertz CT molecular complexity index is 918. The average Bonchev–Trinajstić information content (AvgIpc) is 3.21. The summed E-state index contributed by atoms with van der Waals surface area (Å²) in [5.74, 6) is -0.356. The Morgan fingerprint density at radius 2 is 1.84 bits per heavy atom. The number of nitrogens with one attached hydrogen (secondary N) is 2. The number of hydrogen-bond donors (Lipinski definition) is 2. The van der Waals surface area contributed by atoms with Gasteiger partial charge in [0.05, 0.1) is 6.54 Å². The Kier molecular flexibility index (Phi) is 7.94. The Labute approximate surface area is 187 Å². The Balaban J connectivity index is 1.40. The monoisotopic (exact) mass is 471 g/mol. The van der Waals surface area contributed by atoms with Gasteiger partial charge < -0.3 is 20.1 Å². The van der Waals surface area contributed by atoms with Crippen molar-refractivity contribution in [3.8, 4) is 11.5 Å². The van der Waals surface area contributed by atoms with Crippen molar-refractivity contribution in [1.82, 2.24) is 15.6 Å². The lowest BCUT2D eigenvalue weighted by atomic mass is 9.86. The first kappa shape index (κ1) is 23.8. The lowest BCUT2D eigenvalue weighted by Crippen LogP contribution is -2.41. The number of halogens is 3. The fourth-order valence-corrected chi connectivity index (χ4v) is 4.10. The molecule has 0 aliphatic heterocycles. The summed E-state index contributed by atoms with van der Waals surface area (Å²) in [5.41, 5.74) is 0.328. The van der Waals surface area contributed by atoms with Gasteiger partial charge in [0, 0.05) is 11.4 Å². The average molecular weight is 472 g/mol. The van der Waals surface area contributed by atoms with Crippen LogP contribution >= 0.6 is 11.3 Å². The summed E-state index contributed by atoms with van der Waals surface area (Å²) in [6.07, 6.45) is -0.398. The Hall–Kier alpha value is -2.82. The van der Waals surface area contributed by atoms with Crippen LogP contribution in [-0.2, 0) is 11.3 Å². The highest BCUT2D eigenvalue weighted by molar-refractivity contribution is 7.09. The number of alkyl halides is 3. The number of thiazole rings is 1. The molecule has 3 rings (SSSR count). The van der Waals surface area contributed by atoms with E-state index in [2.05, 4.69) is 27.3 Å². The lowest BCUT2D eigenvalue weighted by Gasteiger charge is -2.29. The fraction of sp³-hybridized carbons (Fsp3) is 0.476. The summed E-state index contributed by atoms with van der Waals surface area (Å²) in [7, 11) is 0. The van der Waals surface area contributed by atoms with Gasteiger partial charge in [-0.15, -0.1) is 24.5 Å². The first-order chi connectivity index (χ1) is 15.2. The number of carbonyl (C=O) groups excluding carboxylic acids is 2. The van der Waals surface area contributed by atoms with Crippen molar-refractivity contribution in [3.63, 3.8) is 0 Å². The van der Waals surface area contributed by atoms with Gasteiger partial charge in [0.25, 0.3) is 11.8 Å².